The molecule has 1 atom stereocenters. The van der Waals surface area contributed by atoms with E-state index in [1.54, 1.807) is 32.4 Å². The highest BCUT2D eigenvalue weighted by Crippen LogP contribution is 2.32. The van der Waals surface area contributed by atoms with Gasteiger partial charge in [0.2, 0.25) is 11.8 Å². The van der Waals surface area contributed by atoms with E-state index in [1.807, 2.05) is 6.92 Å². The van der Waals surface area contributed by atoms with Crippen LogP contribution in [0.25, 0.3) is 11.5 Å². The van der Waals surface area contributed by atoms with Gasteiger partial charge in [0.1, 0.15) is 0 Å². The van der Waals surface area contributed by atoms with Crippen molar-refractivity contribution >= 4 is 17.7 Å². The minimum absolute atomic E-state index is 0.0583. The van der Waals surface area contributed by atoms with Gasteiger partial charge in [0.05, 0.1) is 20.0 Å². The van der Waals surface area contributed by atoms with Gasteiger partial charge in [-0.3, -0.25) is 4.79 Å². The van der Waals surface area contributed by atoms with Crippen molar-refractivity contribution in [3.8, 4) is 23.0 Å². The fourth-order valence-corrected chi connectivity index (χ4v) is 2.52. The van der Waals surface area contributed by atoms with Crippen molar-refractivity contribution in [3.05, 3.63) is 18.2 Å². The molecule has 0 saturated carbocycles. The van der Waals surface area contributed by atoms with Gasteiger partial charge in [-0.25, -0.2) is 0 Å². The highest BCUT2D eigenvalue weighted by molar-refractivity contribution is 7.99. The molecule has 0 aliphatic rings. The highest BCUT2D eigenvalue weighted by atomic mass is 32.2. The average molecular weight is 365 g/mol. The molecule has 1 aromatic carbocycles. The number of methoxy groups -OCH3 is 2. The second-order valence-electron chi connectivity index (χ2n) is 5.83. The second-order valence-corrected chi connectivity index (χ2v) is 6.76. The first kappa shape index (κ1) is 19.1. The van der Waals surface area contributed by atoms with E-state index in [0.29, 0.717) is 28.5 Å². The average Bonchev–Trinajstić information content (AvgIpc) is 3.08. The largest absolute Gasteiger partial charge is 0.493 e. The van der Waals surface area contributed by atoms with Crippen LogP contribution in [0.3, 0.4) is 0 Å². The number of hydrogen-bond acceptors (Lipinski definition) is 7. The number of thioether (sulfide) groups is 1. The molecular formula is C17H23N3O4S. The summed E-state index contributed by atoms with van der Waals surface area (Å²) in [6.07, 6.45) is 0. The van der Waals surface area contributed by atoms with Gasteiger partial charge in [0, 0.05) is 11.6 Å². The Morgan fingerprint density at radius 3 is 2.56 bits per heavy atom. The number of benzene rings is 1. The van der Waals surface area contributed by atoms with Crippen LogP contribution in [-0.2, 0) is 4.79 Å². The fraction of sp³-hybridized carbons (Fsp3) is 0.471. The van der Waals surface area contributed by atoms with Crippen LogP contribution in [0.5, 0.6) is 11.5 Å². The van der Waals surface area contributed by atoms with Gasteiger partial charge in [-0.2, -0.15) is 0 Å². The molecule has 1 amide bonds. The van der Waals surface area contributed by atoms with E-state index in [1.165, 1.54) is 11.8 Å². The molecule has 0 aliphatic heterocycles. The first-order valence-corrected chi connectivity index (χ1v) is 8.91. The zero-order chi connectivity index (χ0) is 18.4. The van der Waals surface area contributed by atoms with E-state index in [2.05, 4.69) is 29.4 Å². The summed E-state index contributed by atoms with van der Waals surface area (Å²) in [6.45, 7) is 6.10. The third-order valence-corrected chi connectivity index (χ3v) is 4.57. The van der Waals surface area contributed by atoms with Gasteiger partial charge in [-0.1, -0.05) is 25.6 Å². The smallest absolute Gasteiger partial charge is 0.277 e. The summed E-state index contributed by atoms with van der Waals surface area (Å²) in [7, 11) is 3.14. The molecule has 136 valence electrons. The van der Waals surface area contributed by atoms with Crippen LogP contribution in [0.15, 0.2) is 27.8 Å². The molecule has 25 heavy (non-hydrogen) atoms. The lowest BCUT2D eigenvalue weighted by atomic mass is 10.1. The Kier molecular flexibility index (Phi) is 6.69. The van der Waals surface area contributed by atoms with E-state index in [-0.39, 0.29) is 17.7 Å². The van der Waals surface area contributed by atoms with Crippen molar-refractivity contribution in [3.63, 3.8) is 0 Å². The van der Waals surface area contributed by atoms with Gasteiger partial charge < -0.3 is 19.2 Å². The van der Waals surface area contributed by atoms with Gasteiger partial charge in [0.15, 0.2) is 11.5 Å². The Hall–Kier alpha value is -2.22. The molecule has 2 aromatic rings. The number of carbonyl (C=O) groups is 1. The van der Waals surface area contributed by atoms with Crippen LogP contribution in [0.1, 0.15) is 20.8 Å². The monoisotopic (exact) mass is 365 g/mol. The predicted molar refractivity (Wildman–Crippen MR) is 96.0 cm³/mol. The van der Waals surface area contributed by atoms with E-state index >= 15 is 0 Å². The number of amides is 1. The second kappa shape index (κ2) is 8.75. The van der Waals surface area contributed by atoms with E-state index in [4.69, 9.17) is 13.9 Å². The molecule has 0 spiro atoms. The predicted octanol–water partition coefficient (Wildman–Crippen LogP) is 3.01. The maximum absolute atomic E-state index is 11.9. The number of aromatic nitrogens is 2. The van der Waals surface area contributed by atoms with E-state index in [9.17, 15) is 4.79 Å². The van der Waals surface area contributed by atoms with Crippen molar-refractivity contribution in [2.24, 2.45) is 5.92 Å². The lowest BCUT2D eigenvalue weighted by Gasteiger charge is -2.16. The van der Waals surface area contributed by atoms with Gasteiger partial charge in [0.25, 0.3) is 5.22 Å². The number of carbonyl (C=O) groups excluding carboxylic acids is 1. The molecule has 8 heteroatoms. The molecule has 7 nitrogen and oxygen atoms in total. The number of nitrogens with one attached hydrogen (secondary N) is 1. The summed E-state index contributed by atoms with van der Waals surface area (Å²) in [5, 5.41) is 11.3. The van der Waals surface area contributed by atoms with Crippen LogP contribution in [0.2, 0.25) is 0 Å². The zero-order valence-electron chi connectivity index (χ0n) is 15.0. The summed E-state index contributed by atoms with van der Waals surface area (Å²) in [4.78, 5) is 11.9. The molecule has 0 fully saturated rings. The minimum Gasteiger partial charge on any atom is -0.493 e. The third-order valence-electron chi connectivity index (χ3n) is 3.75. The quantitative estimate of drug-likeness (QED) is 0.720. The van der Waals surface area contributed by atoms with Gasteiger partial charge in [-0.15, -0.1) is 10.2 Å². The molecule has 2 rings (SSSR count). The Labute approximate surface area is 151 Å². The highest BCUT2D eigenvalue weighted by Gasteiger charge is 2.15. The summed E-state index contributed by atoms with van der Waals surface area (Å²) < 4.78 is 16.1. The topological polar surface area (TPSA) is 86.5 Å². The van der Waals surface area contributed by atoms with Gasteiger partial charge >= 0.3 is 0 Å². The molecule has 1 N–H and O–H groups in total. The maximum Gasteiger partial charge on any atom is 0.277 e. The van der Waals surface area contributed by atoms with Crippen LogP contribution in [-0.4, -0.2) is 42.1 Å². The van der Waals surface area contributed by atoms with Crippen LogP contribution < -0.4 is 14.8 Å². The summed E-state index contributed by atoms with van der Waals surface area (Å²) in [5.74, 6) is 2.11. The standard InChI is InChI=1S/C17H23N3O4S/c1-10(2)11(3)18-15(21)9-25-17-20-19-16(24-17)12-6-7-13(22-4)14(8-12)23-5/h6-8,10-11H,9H2,1-5H3,(H,18,21)/t11-/m1/s1. The first-order chi connectivity index (χ1) is 11.9. The number of nitrogens with zero attached hydrogens (tertiary/aromatic N) is 2. The fourth-order valence-electron chi connectivity index (χ4n) is 1.94. The lowest BCUT2D eigenvalue weighted by molar-refractivity contribution is -0.119. The molecule has 1 heterocycles. The van der Waals surface area contributed by atoms with Crippen LogP contribution in [0, 0.1) is 5.92 Å². The molecule has 0 bridgehead atoms. The maximum atomic E-state index is 11.9. The minimum atomic E-state index is -0.0583. The Morgan fingerprint density at radius 1 is 1.20 bits per heavy atom. The van der Waals surface area contributed by atoms with Crippen LogP contribution >= 0.6 is 11.8 Å². The molecule has 1 aromatic heterocycles. The normalized spacial score (nSPS) is 12.1. The first-order valence-electron chi connectivity index (χ1n) is 7.92. The molecule has 0 aliphatic carbocycles. The van der Waals surface area contributed by atoms with Crippen molar-refractivity contribution in [2.75, 3.05) is 20.0 Å². The van der Waals surface area contributed by atoms with E-state index < -0.39 is 0 Å². The molecule has 0 unspecified atom stereocenters. The number of ether oxygens (including phenoxy) is 2. The Morgan fingerprint density at radius 2 is 1.92 bits per heavy atom. The van der Waals surface area contributed by atoms with Crippen molar-refractivity contribution in [1.82, 2.24) is 15.5 Å². The lowest BCUT2D eigenvalue weighted by Crippen LogP contribution is -2.37. The van der Waals surface area contributed by atoms with Gasteiger partial charge in [-0.05, 0) is 31.0 Å². The summed E-state index contributed by atoms with van der Waals surface area (Å²) >= 11 is 1.21. The van der Waals surface area contributed by atoms with Crippen molar-refractivity contribution < 1.29 is 18.7 Å². The van der Waals surface area contributed by atoms with E-state index in [0.717, 1.165) is 5.56 Å². The number of hydrogen-bond donors (Lipinski definition) is 1. The Bertz CT molecular complexity index is 718. The Balaban J connectivity index is 1.99. The summed E-state index contributed by atoms with van der Waals surface area (Å²) in [5.41, 5.74) is 0.717. The third kappa shape index (κ3) is 5.12. The summed E-state index contributed by atoms with van der Waals surface area (Å²) in [6, 6.07) is 5.46. The van der Waals surface area contributed by atoms with Crippen molar-refractivity contribution in [2.45, 2.75) is 32.0 Å². The molecular weight excluding hydrogens is 342 g/mol. The number of rotatable bonds is 8. The van der Waals surface area contributed by atoms with Crippen LogP contribution in [0.4, 0.5) is 0 Å². The van der Waals surface area contributed by atoms with Crippen molar-refractivity contribution in [1.29, 1.82) is 0 Å². The molecule has 0 saturated heterocycles. The SMILES string of the molecule is COc1ccc(-c2nnc(SCC(=O)N[C@H](C)C(C)C)o2)cc1OC. The molecule has 0 radical (unpaired) electrons. The zero-order valence-corrected chi connectivity index (χ0v) is 15.8.